The molecule has 0 N–H and O–H groups in total. The molecule has 0 heterocycles. The van der Waals surface area contributed by atoms with Gasteiger partial charge in [0.2, 0.25) is 0 Å². The molecule has 0 saturated heterocycles. The Labute approximate surface area is 108 Å². The summed E-state index contributed by atoms with van der Waals surface area (Å²) < 4.78 is 4.71. The molecule has 4 nitrogen and oxygen atoms in total. The number of nitrogens with zero attached hydrogens (tertiary/aromatic N) is 1. The highest BCUT2D eigenvalue weighted by Gasteiger charge is 2.10. The van der Waals surface area contributed by atoms with E-state index >= 15 is 0 Å². The molecule has 0 aliphatic rings. The van der Waals surface area contributed by atoms with Crippen molar-refractivity contribution in [1.82, 2.24) is 4.90 Å². The van der Waals surface area contributed by atoms with E-state index in [1.807, 2.05) is 0 Å². The molecule has 0 aliphatic carbocycles. The maximum Gasteiger partial charge on any atom is 0.313 e. The molecule has 0 aromatic rings. The smallest absolute Gasteiger partial charge is 0.313 e. The molecule has 0 radical (unpaired) electrons. The van der Waals surface area contributed by atoms with E-state index in [0.29, 0.717) is 12.4 Å². The summed E-state index contributed by atoms with van der Waals surface area (Å²) >= 11 is 1.58. The minimum atomic E-state index is -0.415. The van der Waals surface area contributed by atoms with Crippen molar-refractivity contribution in [2.75, 3.05) is 37.7 Å². The van der Waals surface area contributed by atoms with Gasteiger partial charge in [0.25, 0.3) is 0 Å². The molecule has 0 amide bonds. The van der Waals surface area contributed by atoms with Gasteiger partial charge in [0.05, 0.1) is 12.4 Å². The predicted octanol–water partition coefficient (Wildman–Crippen LogP) is 1.58. The number of ketones is 1. The second-order valence-electron chi connectivity index (χ2n) is 3.60. The minimum Gasteiger partial charge on any atom is -0.466 e. The van der Waals surface area contributed by atoms with E-state index in [0.717, 1.165) is 25.4 Å². The Morgan fingerprint density at radius 3 is 2.35 bits per heavy atom. The van der Waals surface area contributed by atoms with E-state index in [2.05, 4.69) is 18.7 Å². The lowest BCUT2D eigenvalue weighted by atomic mass is 10.3. The molecular weight excluding hydrogens is 238 g/mol. The van der Waals surface area contributed by atoms with Gasteiger partial charge in [-0.05, 0) is 20.0 Å². The second kappa shape index (κ2) is 10.6. The summed E-state index contributed by atoms with van der Waals surface area (Å²) in [4.78, 5) is 24.7. The number of carbonyl (C=O) groups is 2. The minimum absolute atomic E-state index is 0.0482. The van der Waals surface area contributed by atoms with Crippen LogP contribution in [0.1, 0.15) is 27.2 Å². The van der Waals surface area contributed by atoms with Crippen molar-refractivity contribution in [2.45, 2.75) is 27.2 Å². The van der Waals surface area contributed by atoms with E-state index in [9.17, 15) is 9.59 Å². The summed E-state index contributed by atoms with van der Waals surface area (Å²) in [5.41, 5.74) is 0. The summed E-state index contributed by atoms with van der Waals surface area (Å²) in [5, 5.41) is 0. The molecule has 0 rings (SSSR count). The maximum atomic E-state index is 11.4. The van der Waals surface area contributed by atoms with Crippen LogP contribution in [0.3, 0.4) is 0 Å². The second-order valence-corrected chi connectivity index (χ2v) is 4.71. The monoisotopic (exact) mass is 261 g/mol. The summed E-state index contributed by atoms with van der Waals surface area (Å²) in [7, 11) is 0. The number of esters is 1. The van der Waals surface area contributed by atoms with Crippen LogP contribution in [0.15, 0.2) is 0 Å². The van der Waals surface area contributed by atoms with Gasteiger partial charge < -0.3 is 9.64 Å². The van der Waals surface area contributed by atoms with Gasteiger partial charge in [0.15, 0.2) is 5.78 Å². The number of hydrogen-bond donors (Lipinski definition) is 0. The summed E-state index contributed by atoms with van der Waals surface area (Å²) in [5.74, 6) is 0.867. The van der Waals surface area contributed by atoms with E-state index in [4.69, 9.17) is 4.74 Å². The highest BCUT2D eigenvalue weighted by Crippen LogP contribution is 2.03. The number of thioether (sulfide) groups is 1. The number of ether oxygens (including phenoxy) is 1. The Hall–Kier alpha value is -0.550. The quantitative estimate of drug-likeness (QED) is 0.339. The Kier molecular flexibility index (Phi) is 10.3. The average Bonchev–Trinajstić information content (AvgIpc) is 2.29. The van der Waals surface area contributed by atoms with Crippen LogP contribution in [-0.4, -0.2) is 54.4 Å². The van der Waals surface area contributed by atoms with Crippen molar-refractivity contribution in [3.63, 3.8) is 0 Å². The topological polar surface area (TPSA) is 46.6 Å². The fourth-order valence-electron chi connectivity index (χ4n) is 1.34. The molecule has 100 valence electrons. The molecule has 0 atom stereocenters. The van der Waals surface area contributed by atoms with Gasteiger partial charge in [-0.3, -0.25) is 9.59 Å². The van der Waals surface area contributed by atoms with Gasteiger partial charge in [-0.2, -0.15) is 11.8 Å². The molecule has 0 aliphatic heterocycles. The first-order chi connectivity index (χ1) is 8.13. The van der Waals surface area contributed by atoms with E-state index < -0.39 is 5.97 Å². The van der Waals surface area contributed by atoms with Gasteiger partial charge in [-0.1, -0.05) is 13.8 Å². The van der Waals surface area contributed by atoms with Crippen LogP contribution >= 0.6 is 11.8 Å². The Balaban J connectivity index is 3.54. The van der Waals surface area contributed by atoms with Gasteiger partial charge in [0, 0.05) is 12.3 Å². The van der Waals surface area contributed by atoms with Crippen molar-refractivity contribution < 1.29 is 14.3 Å². The third kappa shape index (κ3) is 9.18. The van der Waals surface area contributed by atoms with Crippen LogP contribution < -0.4 is 0 Å². The number of carbonyl (C=O) groups excluding carboxylic acids is 2. The lowest BCUT2D eigenvalue weighted by Gasteiger charge is -2.16. The van der Waals surface area contributed by atoms with Crippen molar-refractivity contribution in [3.05, 3.63) is 0 Å². The molecular formula is C12H23NO3S. The first-order valence-corrected chi connectivity index (χ1v) is 7.26. The van der Waals surface area contributed by atoms with E-state index in [1.54, 1.807) is 18.7 Å². The van der Waals surface area contributed by atoms with E-state index in [-0.39, 0.29) is 12.2 Å². The van der Waals surface area contributed by atoms with Crippen LogP contribution in [-0.2, 0) is 14.3 Å². The summed E-state index contributed by atoms with van der Waals surface area (Å²) in [6.45, 7) is 9.38. The third-order valence-corrected chi connectivity index (χ3v) is 3.35. The molecule has 0 saturated carbocycles. The zero-order valence-corrected chi connectivity index (χ0v) is 11.8. The zero-order chi connectivity index (χ0) is 13.1. The summed E-state index contributed by atoms with van der Waals surface area (Å²) in [6, 6.07) is 0. The normalized spacial score (nSPS) is 10.6. The Bertz CT molecular complexity index is 230. The van der Waals surface area contributed by atoms with Crippen LogP contribution in [0.25, 0.3) is 0 Å². The van der Waals surface area contributed by atoms with Gasteiger partial charge in [-0.15, -0.1) is 0 Å². The van der Waals surface area contributed by atoms with Crippen molar-refractivity contribution in [1.29, 1.82) is 0 Å². The standard InChI is InChI=1S/C12H23NO3S/c1-4-13(5-2)7-8-17-10-11(14)9-12(15)16-6-3/h4-10H2,1-3H3. The third-order valence-electron chi connectivity index (χ3n) is 2.36. The first-order valence-electron chi connectivity index (χ1n) is 6.11. The fourth-order valence-corrected chi connectivity index (χ4v) is 2.20. The SMILES string of the molecule is CCOC(=O)CC(=O)CSCCN(CC)CC. The number of rotatable bonds is 10. The predicted molar refractivity (Wildman–Crippen MR) is 71.4 cm³/mol. The molecule has 0 spiro atoms. The van der Waals surface area contributed by atoms with Crippen LogP contribution in [0.2, 0.25) is 0 Å². The number of hydrogen-bond acceptors (Lipinski definition) is 5. The molecule has 0 aromatic carbocycles. The lowest BCUT2D eigenvalue weighted by Crippen LogP contribution is -2.25. The average molecular weight is 261 g/mol. The Morgan fingerprint density at radius 2 is 1.82 bits per heavy atom. The summed E-state index contributed by atoms with van der Waals surface area (Å²) in [6.07, 6.45) is -0.0912. The van der Waals surface area contributed by atoms with E-state index in [1.165, 1.54) is 0 Å². The van der Waals surface area contributed by atoms with Gasteiger partial charge in [0.1, 0.15) is 6.42 Å². The molecule has 0 fully saturated rings. The van der Waals surface area contributed by atoms with Crippen LogP contribution in [0, 0.1) is 0 Å². The largest absolute Gasteiger partial charge is 0.466 e. The zero-order valence-electron chi connectivity index (χ0n) is 11.0. The first kappa shape index (κ1) is 16.4. The maximum absolute atomic E-state index is 11.4. The molecule has 0 bridgehead atoms. The molecule has 5 heteroatoms. The highest BCUT2D eigenvalue weighted by atomic mass is 32.2. The van der Waals surface area contributed by atoms with Crippen molar-refractivity contribution in [2.24, 2.45) is 0 Å². The van der Waals surface area contributed by atoms with Crippen LogP contribution in [0.4, 0.5) is 0 Å². The molecule has 17 heavy (non-hydrogen) atoms. The van der Waals surface area contributed by atoms with Crippen molar-refractivity contribution in [3.8, 4) is 0 Å². The highest BCUT2D eigenvalue weighted by molar-refractivity contribution is 7.99. The number of Topliss-reactive ketones (excluding diaryl/α,β-unsaturated/α-hetero) is 1. The van der Waals surface area contributed by atoms with Crippen LogP contribution in [0.5, 0.6) is 0 Å². The van der Waals surface area contributed by atoms with Gasteiger partial charge in [-0.25, -0.2) is 0 Å². The molecule has 0 unspecified atom stereocenters. The lowest BCUT2D eigenvalue weighted by molar-refractivity contribution is -0.145. The molecule has 0 aromatic heterocycles. The van der Waals surface area contributed by atoms with Crippen molar-refractivity contribution >= 4 is 23.5 Å². The fraction of sp³-hybridized carbons (Fsp3) is 0.833. The van der Waals surface area contributed by atoms with Gasteiger partial charge >= 0.3 is 5.97 Å². The Morgan fingerprint density at radius 1 is 1.18 bits per heavy atom.